The van der Waals surface area contributed by atoms with Crippen molar-refractivity contribution in [3.8, 4) is 0 Å². The molecule has 0 aliphatic carbocycles. The van der Waals surface area contributed by atoms with E-state index >= 15 is 0 Å². The molecule has 3 heterocycles. The second-order valence-electron chi connectivity index (χ2n) is 7.10. The van der Waals surface area contributed by atoms with E-state index in [-0.39, 0.29) is 17.9 Å². The first-order valence-corrected chi connectivity index (χ1v) is 9.50. The highest BCUT2D eigenvalue weighted by molar-refractivity contribution is 5.84. The van der Waals surface area contributed by atoms with Gasteiger partial charge in [0.15, 0.2) is 17.0 Å². The van der Waals surface area contributed by atoms with E-state index in [0.717, 1.165) is 44.1 Å². The lowest BCUT2D eigenvalue weighted by atomic mass is 9.96. The van der Waals surface area contributed by atoms with Gasteiger partial charge in [-0.05, 0) is 40.5 Å². The number of anilines is 2. The van der Waals surface area contributed by atoms with Gasteiger partial charge in [-0.15, -0.1) is 0 Å². The van der Waals surface area contributed by atoms with E-state index in [9.17, 15) is 4.79 Å². The van der Waals surface area contributed by atoms with Gasteiger partial charge in [-0.25, -0.2) is 15.0 Å². The number of imidazole rings is 1. The van der Waals surface area contributed by atoms with Gasteiger partial charge in [0.1, 0.15) is 6.33 Å². The molecule has 1 unspecified atom stereocenters. The van der Waals surface area contributed by atoms with E-state index in [2.05, 4.69) is 33.3 Å². The third-order valence-corrected chi connectivity index (χ3v) is 5.13. The Labute approximate surface area is 154 Å². The Balaban J connectivity index is 1.94. The monoisotopic (exact) mass is 359 g/mol. The number of aromatic nitrogens is 4. The van der Waals surface area contributed by atoms with Crippen molar-refractivity contribution in [2.45, 2.75) is 46.6 Å². The van der Waals surface area contributed by atoms with Crippen LogP contribution in [0.2, 0.25) is 0 Å². The Morgan fingerprint density at radius 3 is 2.73 bits per heavy atom. The predicted molar refractivity (Wildman–Crippen MR) is 103 cm³/mol. The summed E-state index contributed by atoms with van der Waals surface area (Å²) >= 11 is 0. The Morgan fingerprint density at radius 1 is 1.35 bits per heavy atom. The highest BCUT2D eigenvalue weighted by Gasteiger charge is 2.31. The molecule has 1 atom stereocenters. The largest absolute Gasteiger partial charge is 0.382 e. The van der Waals surface area contributed by atoms with Crippen molar-refractivity contribution in [1.29, 1.82) is 0 Å². The Hall–Kier alpha value is -2.38. The number of amides is 1. The van der Waals surface area contributed by atoms with Crippen molar-refractivity contribution in [1.82, 2.24) is 24.4 Å². The molecule has 2 aromatic heterocycles. The van der Waals surface area contributed by atoms with Crippen molar-refractivity contribution >= 4 is 28.8 Å². The molecule has 3 rings (SSSR count). The van der Waals surface area contributed by atoms with E-state index in [1.807, 2.05) is 18.7 Å². The minimum absolute atomic E-state index is 0.00695. The number of fused-ring (bicyclic) bond motifs is 1. The van der Waals surface area contributed by atoms with Gasteiger partial charge in [0.2, 0.25) is 11.9 Å². The van der Waals surface area contributed by atoms with Crippen LogP contribution in [0.1, 0.15) is 46.6 Å². The summed E-state index contributed by atoms with van der Waals surface area (Å²) in [5, 5.41) is 0. The maximum atomic E-state index is 12.8. The van der Waals surface area contributed by atoms with Gasteiger partial charge >= 0.3 is 0 Å². The lowest BCUT2D eigenvalue weighted by molar-refractivity contribution is -0.135. The number of nitrogens with two attached hydrogens (primary N) is 1. The average molecular weight is 359 g/mol. The Kier molecular flexibility index (Phi) is 5.29. The molecule has 2 aromatic rings. The zero-order valence-corrected chi connectivity index (χ0v) is 16.1. The van der Waals surface area contributed by atoms with Crippen LogP contribution in [-0.2, 0) is 4.79 Å². The number of rotatable bonds is 5. The molecule has 1 aliphatic heterocycles. The molecule has 8 heteroatoms. The molecule has 2 N–H and O–H groups in total. The first kappa shape index (κ1) is 18.4. The average Bonchev–Trinajstić information content (AvgIpc) is 3.04. The van der Waals surface area contributed by atoms with Crippen LogP contribution in [0.4, 0.5) is 11.8 Å². The van der Waals surface area contributed by atoms with Gasteiger partial charge in [0, 0.05) is 32.2 Å². The fraction of sp³-hybridized carbons (Fsp3) is 0.667. The zero-order chi connectivity index (χ0) is 18.8. The summed E-state index contributed by atoms with van der Waals surface area (Å²) in [6, 6.07) is 0.183. The lowest BCUT2D eigenvalue weighted by Crippen LogP contribution is -2.45. The number of hydrogen-bond acceptors (Lipinski definition) is 6. The van der Waals surface area contributed by atoms with E-state index < -0.39 is 0 Å². The van der Waals surface area contributed by atoms with Crippen LogP contribution in [0.3, 0.4) is 0 Å². The number of nitrogens with zero attached hydrogens (tertiary/aromatic N) is 6. The van der Waals surface area contributed by atoms with Crippen molar-refractivity contribution in [2.24, 2.45) is 5.92 Å². The third-order valence-electron chi connectivity index (χ3n) is 5.13. The fourth-order valence-corrected chi connectivity index (χ4v) is 3.77. The van der Waals surface area contributed by atoms with E-state index in [4.69, 9.17) is 10.7 Å². The highest BCUT2D eigenvalue weighted by atomic mass is 16.2. The normalized spacial score (nSPS) is 17.9. The molecule has 8 nitrogen and oxygen atoms in total. The SMILES string of the molecule is CCN(CC)C(=O)C1CCCN(c2nc3c(N)ncnc3n2C(C)C)C1. The molecule has 1 saturated heterocycles. The molecule has 142 valence electrons. The first-order valence-electron chi connectivity index (χ1n) is 9.50. The summed E-state index contributed by atoms with van der Waals surface area (Å²) in [7, 11) is 0. The molecule has 0 radical (unpaired) electrons. The number of hydrogen-bond donors (Lipinski definition) is 1. The Morgan fingerprint density at radius 2 is 2.08 bits per heavy atom. The molecule has 1 fully saturated rings. The summed E-state index contributed by atoms with van der Waals surface area (Å²) in [5.41, 5.74) is 7.40. The molecule has 0 saturated carbocycles. The minimum atomic E-state index is 0.00695. The lowest BCUT2D eigenvalue weighted by Gasteiger charge is -2.35. The van der Waals surface area contributed by atoms with E-state index in [0.29, 0.717) is 17.9 Å². The second kappa shape index (κ2) is 7.47. The number of piperidine rings is 1. The summed E-state index contributed by atoms with van der Waals surface area (Å²) in [6.07, 6.45) is 3.38. The van der Waals surface area contributed by atoms with Crippen molar-refractivity contribution in [3.63, 3.8) is 0 Å². The topological polar surface area (TPSA) is 93.2 Å². The van der Waals surface area contributed by atoms with Gasteiger partial charge < -0.3 is 15.5 Å². The van der Waals surface area contributed by atoms with Crippen LogP contribution >= 0.6 is 0 Å². The Bertz CT molecular complexity index is 781. The van der Waals surface area contributed by atoms with Gasteiger partial charge in [-0.1, -0.05) is 0 Å². The van der Waals surface area contributed by atoms with Crippen LogP contribution in [0.5, 0.6) is 0 Å². The first-order chi connectivity index (χ1) is 12.5. The third kappa shape index (κ3) is 3.20. The summed E-state index contributed by atoms with van der Waals surface area (Å²) in [4.78, 5) is 30.1. The zero-order valence-electron chi connectivity index (χ0n) is 16.1. The van der Waals surface area contributed by atoms with Crippen LogP contribution in [0.15, 0.2) is 6.33 Å². The maximum Gasteiger partial charge on any atom is 0.227 e. The van der Waals surface area contributed by atoms with Crippen LogP contribution in [-0.4, -0.2) is 56.5 Å². The predicted octanol–water partition coefficient (Wildman–Crippen LogP) is 2.07. The van der Waals surface area contributed by atoms with Crippen LogP contribution in [0, 0.1) is 5.92 Å². The van der Waals surface area contributed by atoms with Crippen molar-refractivity contribution in [2.75, 3.05) is 36.8 Å². The summed E-state index contributed by atoms with van der Waals surface area (Å²) < 4.78 is 2.09. The van der Waals surface area contributed by atoms with Crippen LogP contribution < -0.4 is 10.6 Å². The smallest absolute Gasteiger partial charge is 0.227 e. The van der Waals surface area contributed by atoms with Crippen molar-refractivity contribution in [3.05, 3.63) is 6.33 Å². The molecule has 1 aliphatic rings. The van der Waals surface area contributed by atoms with Gasteiger partial charge in [0.05, 0.1) is 5.92 Å². The fourth-order valence-electron chi connectivity index (χ4n) is 3.77. The highest BCUT2D eigenvalue weighted by Crippen LogP contribution is 2.30. The molecule has 1 amide bonds. The quantitative estimate of drug-likeness (QED) is 0.878. The minimum Gasteiger partial charge on any atom is -0.382 e. The molecule has 0 aromatic carbocycles. The van der Waals surface area contributed by atoms with Gasteiger partial charge in [0.25, 0.3) is 0 Å². The maximum absolute atomic E-state index is 12.8. The summed E-state index contributed by atoms with van der Waals surface area (Å²) in [5.74, 6) is 1.47. The number of carbonyl (C=O) groups is 1. The molecule has 0 bridgehead atoms. The number of nitrogen functional groups attached to an aromatic ring is 1. The molecule has 26 heavy (non-hydrogen) atoms. The van der Waals surface area contributed by atoms with E-state index in [1.54, 1.807) is 0 Å². The van der Waals surface area contributed by atoms with Crippen molar-refractivity contribution < 1.29 is 4.79 Å². The molecule has 0 spiro atoms. The van der Waals surface area contributed by atoms with Crippen LogP contribution in [0.25, 0.3) is 11.2 Å². The molecular formula is C18H29N7O. The summed E-state index contributed by atoms with van der Waals surface area (Å²) in [6.45, 7) is 11.3. The second-order valence-corrected chi connectivity index (χ2v) is 7.10. The van der Waals surface area contributed by atoms with Gasteiger partial charge in [-0.2, -0.15) is 0 Å². The van der Waals surface area contributed by atoms with E-state index in [1.165, 1.54) is 6.33 Å². The standard InChI is InChI=1S/C18H29N7O/c1-5-23(6-2)17(26)13-8-7-9-24(10-13)18-22-14-15(19)20-11-21-16(14)25(18)12(3)4/h11-13H,5-10H2,1-4H3,(H2,19,20,21). The number of carbonyl (C=O) groups excluding carboxylic acids is 1. The van der Waals surface area contributed by atoms with Gasteiger partial charge in [-0.3, -0.25) is 9.36 Å². The molecular weight excluding hydrogens is 330 g/mol.